The summed E-state index contributed by atoms with van der Waals surface area (Å²) in [5.74, 6) is 2.00. The number of aliphatic hydroxyl groups excluding tert-OH is 1. The zero-order valence-corrected chi connectivity index (χ0v) is 15.0. The molecule has 26 heavy (non-hydrogen) atoms. The van der Waals surface area contributed by atoms with Gasteiger partial charge in [0, 0.05) is 26.8 Å². The monoisotopic (exact) mass is 357 g/mol. The molecule has 1 aliphatic heterocycles. The molecule has 0 saturated carbocycles. The van der Waals surface area contributed by atoms with Crippen LogP contribution < -0.4 is 14.4 Å². The number of hydrogen-bond donors (Lipinski definition) is 1. The Morgan fingerprint density at radius 1 is 1.23 bits per heavy atom. The van der Waals surface area contributed by atoms with Gasteiger partial charge in [-0.3, -0.25) is 4.79 Å². The third kappa shape index (κ3) is 4.05. The highest BCUT2D eigenvalue weighted by atomic mass is 16.6. The van der Waals surface area contributed by atoms with Gasteiger partial charge in [-0.1, -0.05) is 12.1 Å². The van der Waals surface area contributed by atoms with Crippen molar-refractivity contribution in [2.75, 3.05) is 45.3 Å². The Morgan fingerprint density at radius 2 is 2.00 bits per heavy atom. The maximum absolute atomic E-state index is 12.6. The van der Waals surface area contributed by atoms with Gasteiger partial charge in [0.05, 0.1) is 18.7 Å². The molecule has 0 spiro atoms. The quantitative estimate of drug-likeness (QED) is 0.843. The molecule has 2 heterocycles. The highest BCUT2D eigenvalue weighted by molar-refractivity contribution is 5.94. The van der Waals surface area contributed by atoms with Gasteiger partial charge < -0.3 is 24.4 Å². The number of rotatable bonds is 6. The summed E-state index contributed by atoms with van der Waals surface area (Å²) in [5, 5.41) is 8.98. The molecule has 3 rings (SSSR count). The molecule has 0 fully saturated rings. The van der Waals surface area contributed by atoms with Crippen LogP contribution in [0.5, 0.6) is 11.5 Å². The van der Waals surface area contributed by atoms with Crippen LogP contribution in [-0.2, 0) is 0 Å². The smallest absolute Gasteiger partial charge is 0.255 e. The number of likely N-dealkylation sites (N-methyl/N-ethyl adjacent to an activating group) is 2. The Hall–Kier alpha value is -2.80. The Balaban J connectivity index is 1.60. The van der Waals surface area contributed by atoms with Crippen molar-refractivity contribution in [3.05, 3.63) is 48.2 Å². The lowest BCUT2D eigenvalue weighted by Gasteiger charge is -2.29. The molecule has 138 valence electrons. The second kappa shape index (κ2) is 8.05. The van der Waals surface area contributed by atoms with Gasteiger partial charge in [0.25, 0.3) is 5.91 Å². The third-order valence-electron chi connectivity index (χ3n) is 4.21. The topological polar surface area (TPSA) is 75.1 Å². The highest BCUT2D eigenvalue weighted by Gasteiger charge is 2.24. The highest BCUT2D eigenvalue weighted by Crippen LogP contribution is 2.31. The predicted octanol–water partition coefficient (Wildman–Crippen LogP) is 1.42. The van der Waals surface area contributed by atoms with E-state index in [9.17, 15) is 4.79 Å². The molecule has 7 nitrogen and oxygen atoms in total. The average Bonchev–Trinajstić information content (AvgIpc) is 2.67. The van der Waals surface area contributed by atoms with Crippen LogP contribution in [-0.4, -0.2) is 67.4 Å². The molecule has 0 unspecified atom stereocenters. The number of anilines is 1. The van der Waals surface area contributed by atoms with Gasteiger partial charge in [-0.15, -0.1) is 0 Å². The number of aromatic nitrogens is 1. The zero-order valence-electron chi connectivity index (χ0n) is 15.0. The van der Waals surface area contributed by atoms with E-state index in [0.717, 1.165) is 5.75 Å². The largest absolute Gasteiger partial charge is 0.486 e. The number of amides is 1. The van der Waals surface area contributed by atoms with Crippen LogP contribution >= 0.6 is 0 Å². The lowest BCUT2D eigenvalue weighted by Crippen LogP contribution is -2.41. The van der Waals surface area contributed by atoms with E-state index in [1.54, 1.807) is 30.3 Å². The minimum atomic E-state index is -0.221. The molecule has 1 atom stereocenters. The van der Waals surface area contributed by atoms with Crippen LogP contribution in [0, 0.1) is 0 Å². The fourth-order valence-electron chi connectivity index (χ4n) is 2.76. The van der Waals surface area contributed by atoms with Gasteiger partial charge in [-0.25, -0.2) is 4.98 Å². The third-order valence-corrected chi connectivity index (χ3v) is 4.21. The molecular formula is C19H23N3O4. The minimum Gasteiger partial charge on any atom is -0.486 e. The molecule has 0 aliphatic carbocycles. The van der Waals surface area contributed by atoms with Gasteiger partial charge >= 0.3 is 0 Å². The van der Waals surface area contributed by atoms with Crippen molar-refractivity contribution in [2.24, 2.45) is 0 Å². The van der Waals surface area contributed by atoms with Gasteiger partial charge in [-0.2, -0.15) is 0 Å². The molecule has 1 aliphatic rings. The number of pyridine rings is 1. The van der Waals surface area contributed by atoms with E-state index in [-0.39, 0.29) is 18.6 Å². The summed E-state index contributed by atoms with van der Waals surface area (Å²) >= 11 is 0. The van der Waals surface area contributed by atoms with Gasteiger partial charge in [0.1, 0.15) is 12.4 Å². The first-order chi connectivity index (χ1) is 12.6. The number of para-hydroxylation sites is 2. The first-order valence-electron chi connectivity index (χ1n) is 8.50. The number of nitrogens with zero attached hydrogens (tertiary/aromatic N) is 3. The molecule has 7 heteroatoms. The maximum Gasteiger partial charge on any atom is 0.255 e. The van der Waals surface area contributed by atoms with Crippen molar-refractivity contribution in [2.45, 2.75) is 6.10 Å². The molecule has 0 bridgehead atoms. The maximum atomic E-state index is 12.6. The first kappa shape index (κ1) is 18.0. The van der Waals surface area contributed by atoms with Crippen molar-refractivity contribution >= 4 is 11.7 Å². The Kier molecular flexibility index (Phi) is 5.58. The molecule has 0 saturated heterocycles. The van der Waals surface area contributed by atoms with E-state index in [1.165, 1.54) is 0 Å². The summed E-state index contributed by atoms with van der Waals surface area (Å²) in [6.07, 6.45) is 1.33. The summed E-state index contributed by atoms with van der Waals surface area (Å²) in [6.45, 7) is 1.35. The van der Waals surface area contributed by atoms with E-state index < -0.39 is 0 Å². The van der Waals surface area contributed by atoms with E-state index in [2.05, 4.69) is 4.98 Å². The lowest BCUT2D eigenvalue weighted by molar-refractivity contribution is 0.0520. The molecule has 2 aromatic rings. The predicted molar refractivity (Wildman–Crippen MR) is 97.9 cm³/mol. The van der Waals surface area contributed by atoms with Crippen LogP contribution in [0.15, 0.2) is 42.6 Å². The number of carbonyl (C=O) groups excluding carboxylic acids is 1. The van der Waals surface area contributed by atoms with Crippen molar-refractivity contribution < 1.29 is 19.4 Å². The molecular weight excluding hydrogens is 334 g/mol. The number of hydrogen-bond acceptors (Lipinski definition) is 6. The number of benzene rings is 1. The van der Waals surface area contributed by atoms with E-state index >= 15 is 0 Å². The molecule has 1 aromatic carbocycles. The van der Waals surface area contributed by atoms with Gasteiger partial charge in [0.15, 0.2) is 17.6 Å². The normalized spacial score (nSPS) is 15.4. The summed E-state index contributed by atoms with van der Waals surface area (Å²) in [4.78, 5) is 20.3. The fraction of sp³-hybridized carbons (Fsp3) is 0.368. The summed E-state index contributed by atoms with van der Waals surface area (Å²) in [7, 11) is 3.57. The second-order valence-corrected chi connectivity index (χ2v) is 6.23. The average molecular weight is 357 g/mol. The van der Waals surface area contributed by atoms with Crippen LogP contribution in [0.2, 0.25) is 0 Å². The van der Waals surface area contributed by atoms with Crippen LogP contribution in [0.1, 0.15) is 10.4 Å². The second-order valence-electron chi connectivity index (χ2n) is 6.23. The molecule has 1 amide bonds. The van der Waals surface area contributed by atoms with Crippen LogP contribution in [0.25, 0.3) is 0 Å². The van der Waals surface area contributed by atoms with Crippen LogP contribution in [0.4, 0.5) is 5.82 Å². The molecule has 1 N–H and O–H groups in total. The minimum absolute atomic E-state index is 0.0498. The Bertz CT molecular complexity index is 751. The molecule has 1 aromatic heterocycles. The molecule has 0 radical (unpaired) electrons. The summed E-state index contributed by atoms with van der Waals surface area (Å²) in [5.41, 5.74) is 0.505. The van der Waals surface area contributed by atoms with Crippen molar-refractivity contribution in [1.82, 2.24) is 9.88 Å². The van der Waals surface area contributed by atoms with Gasteiger partial charge in [-0.05, 0) is 24.3 Å². The Morgan fingerprint density at radius 3 is 2.69 bits per heavy atom. The van der Waals surface area contributed by atoms with Crippen molar-refractivity contribution in [3.63, 3.8) is 0 Å². The lowest BCUT2D eigenvalue weighted by atomic mass is 10.2. The number of aliphatic hydroxyl groups is 1. The number of ether oxygens (including phenoxy) is 2. The van der Waals surface area contributed by atoms with Crippen molar-refractivity contribution in [1.29, 1.82) is 0 Å². The Labute approximate surface area is 152 Å². The van der Waals surface area contributed by atoms with Crippen molar-refractivity contribution in [3.8, 4) is 11.5 Å². The fourth-order valence-corrected chi connectivity index (χ4v) is 2.76. The van der Waals surface area contributed by atoms with Crippen LogP contribution in [0.3, 0.4) is 0 Å². The summed E-state index contributed by atoms with van der Waals surface area (Å²) in [6, 6.07) is 11.0. The standard InChI is InChI=1S/C19H23N3O4/c1-21(9-10-23)18-8-7-14(11-20-18)19(24)22(2)12-15-13-25-16-5-3-4-6-17(16)26-15/h3-8,11,15,23H,9-10,12-13H2,1-2H3/t15-/m0/s1. The van der Waals surface area contributed by atoms with E-state index in [1.807, 2.05) is 36.2 Å². The van der Waals surface area contributed by atoms with Gasteiger partial charge in [0.2, 0.25) is 0 Å². The van der Waals surface area contributed by atoms with E-state index in [4.69, 9.17) is 14.6 Å². The number of carbonyl (C=O) groups is 1. The summed E-state index contributed by atoms with van der Waals surface area (Å²) < 4.78 is 11.6. The number of fused-ring (bicyclic) bond motifs is 1. The SMILES string of the molecule is CN(C[C@H]1COc2ccccc2O1)C(=O)c1ccc(N(C)CCO)nc1. The first-order valence-corrected chi connectivity index (χ1v) is 8.50. The zero-order chi connectivity index (χ0) is 18.5. The van der Waals surface area contributed by atoms with E-state index in [0.29, 0.717) is 36.8 Å².